The Labute approximate surface area is 175 Å². The van der Waals surface area contributed by atoms with Gasteiger partial charge in [-0.3, -0.25) is 9.59 Å². The van der Waals surface area contributed by atoms with Gasteiger partial charge in [-0.25, -0.2) is 4.68 Å². The molecule has 30 heavy (non-hydrogen) atoms. The molecule has 5 aromatic rings. The summed E-state index contributed by atoms with van der Waals surface area (Å²) in [6.07, 6.45) is 0. The van der Waals surface area contributed by atoms with Crippen LogP contribution in [0.5, 0.6) is 0 Å². The smallest absolute Gasteiger partial charge is 0.279 e. The third-order valence-corrected chi connectivity index (χ3v) is 5.90. The average Bonchev–Trinajstić information content (AvgIpc) is 3.22. The molecule has 0 saturated heterocycles. The number of fused-ring (bicyclic) bond motifs is 2. The zero-order chi connectivity index (χ0) is 20.5. The zero-order valence-electron chi connectivity index (χ0n) is 15.8. The van der Waals surface area contributed by atoms with Gasteiger partial charge in [-0.1, -0.05) is 71.9 Å². The summed E-state index contributed by atoms with van der Waals surface area (Å²) >= 11 is 1.41. The molecule has 0 aliphatic carbocycles. The third-order valence-electron chi connectivity index (χ3n) is 4.84. The number of carbonyl (C=O) groups is 1. The minimum atomic E-state index is -0.333. The predicted octanol–water partition coefficient (Wildman–Crippen LogP) is 4.31. The molecule has 0 bridgehead atoms. The van der Waals surface area contributed by atoms with Crippen molar-refractivity contribution >= 4 is 43.9 Å². The van der Waals surface area contributed by atoms with Crippen LogP contribution < -0.4 is 10.9 Å². The molecule has 3 aromatic carbocycles. The number of rotatable bonds is 4. The second-order valence-corrected chi connectivity index (χ2v) is 7.85. The molecule has 0 unspecified atom stereocenters. The Bertz CT molecular complexity index is 1440. The number of carbonyl (C=O) groups excluding carboxylic acids is 1. The molecule has 1 N–H and O–H groups in total. The largest absolute Gasteiger partial charge is 0.324 e. The molecular formula is C23H16N4O2S. The van der Waals surface area contributed by atoms with Crippen molar-refractivity contribution in [3.8, 4) is 10.4 Å². The van der Waals surface area contributed by atoms with E-state index in [0.717, 1.165) is 25.9 Å². The molecule has 1 amide bonds. The van der Waals surface area contributed by atoms with Crippen molar-refractivity contribution in [1.29, 1.82) is 0 Å². The maximum Gasteiger partial charge on any atom is 0.279 e. The van der Waals surface area contributed by atoms with Gasteiger partial charge in [0.05, 0.1) is 5.39 Å². The maximum atomic E-state index is 12.9. The number of aromatic nitrogens is 3. The van der Waals surface area contributed by atoms with Gasteiger partial charge in [0.25, 0.3) is 5.56 Å². The van der Waals surface area contributed by atoms with Crippen molar-refractivity contribution in [2.24, 2.45) is 0 Å². The highest BCUT2D eigenvalue weighted by Gasteiger charge is 2.14. The predicted molar refractivity (Wildman–Crippen MR) is 120 cm³/mol. The number of hydrogen-bond donors (Lipinski definition) is 1. The summed E-state index contributed by atoms with van der Waals surface area (Å²) < 4.78 is 1.10. The molecule has 5 rings (SSSR count). The Morgan fingerprint density at radius 2 is 1.70 bits per heavy atom. The van der Waals surface area contributed by atoms with E-state index in [9.17, 15) is 9.59 Å². The molecule has 0 aliphatic rings. The molecule has 6 nitrogen and oxygen atoms in total. The summed E-state index contributed by atoms with van der Waals surface area (Å²) in [6.45, 7) is -0.207. The molecule has 0 spiro atoms. The zero-order valence-corrected chi connectivity index (χ0v) is 16.6. The lowest BCUT2D eigenvalue weighted by molar-refractivity contribution is -0.117. The topological polar surface area (TPSA) is 76.9 Å². The SMILES string of the molecule is O=C(Cn1nnc2sc(-c3ccccc3)cc2c1=O)Nc1cccc2ccccc12. The summed E-state index contributed by atoms with van der Waals surface area (Å²) in [4.78, 5) is 27.0. The van der Waals surface area contributed by atoms with Gasteiger partial charge in [0.1, 0.15) is 6.54 Å². The standard InChI is InChI=1S/C23H16N4O2S/c28-21(24-19-12-6-10-15-7-4-5-11-17(15)19)14-27-23(29)18-13-20(30-22(18)25-26-27)16-8-2-1-3-9-16/h1-13H,14H2,(H,24,28). The maximum absolute atomic E-state index is 12.9. The monoisotopic (exact) mass is 412 g/mol. The molecular weight excluding hydrogens is 396 g/mol. The summed E-state index contributed by atoms with van der Waals surface area (Å²) in [5.41, 5.74) is 1.38. The number of benzene rings is 3. The summed E-state index contributed by atoms with van der Waals surface area (Å²) in [5.74, 6) is -0.333. The van der Waals surface area contributed by atoms with E-state index in [2.05, 4.69) is 15.6 Å². The van der Waals surface area contributed by atoms with Crippen molar-refractivity contribution in [1.82, 2.24) is 15.0 Å². The van der Waals surface area contributed by atoms with Gasteiger partial charge in [-0.2, -0.15) is 0 Å². The van der Waals surface area contributed by atoms with Gasteiger partial charge >= 0.3 is 0 Å². The second-order valence-electron chi connectivity index (χ2n) is 6.82. The van der Waals surface area contributed by atoms with Crippen LogP contribution in [0.4, 0.5) is 5.69 Å². The van der Waals surface area contributed by atoms with E-state index >= 15 is 0 Å². The quantitative estimate of drug-likeness (QED) is 0.477. The molecule has 2 heterocycles. The van der Waals surface area contributed by atoms with Gasteiger partial charge in [0.15, 0.2) is 4.83 Å². The van der Waals surface area contributed by atoms with Gasteiger partial charge in [-0.05, 0) is 23.1 Å². The van der Waals surface area contributed by atoms with Crippen LogP contribution in [0.15, 0.2) is 83.7 Å². The normalized spacial score (nSPS) is 11.1. The molecule has 2 aromatic heterocycles. The fourth-order valence-electron chi connectivity index (χ4n) is 3.39. The van der Waals surface area contributed by atoms with Crippen molar-refractivity contribution < 1.29 is 4.79 Å². The number of nitrogens with one attached hydrogen (secondary N) is 1. The first-order chi connectivity index (χ1) is 14.7. The fraction of sp³-hybridized carbons (Fsp3) is 0.0435. The van der Waals surface area contributed by atoms with Crippen LogP contribution in [0, 0.1) is 0 Å². The van der Waals surface area contributed by atoms with Gasteiger partial charge in [0.2, 0.25) is 5.91 Å². The second kappa shape index (κ2) is 7.53. The molecule has 0 radical (unpaired) electrons. The Hall–Kier alpha value is -3.84. The van der Waals surface area contributed by atoms with Gasteiger partial charge < -0.3 is 5.32 Å². The summed E-state index contributed by atoms with van der Waals surface area (Å²) in [6, 6.07) is 25.1. The summed E-state index contributed by atoms with van der Waals surface area (Å²) in [5, 5.41) is 13.4. The van der Waals surface area contributed by atoms with Crippen LogP contribution in [0.1, 0.15) is 0 Å². The fourth-order valence-corrected chi connectivity index (χ4v) is 4.36. The van der Waals surface area contributed by atoms with Crippen molar-refractivity contribution in [3.05, 3.63) is 89.2 Å². The van der Waals surface area contributed by atoms with Gasteiger partial charge in [0, 0.05) is 16.0 Å². The van der Waals surface area contributed by atoms with Crippen LogP contribution in [0.2, 0.25) is 0 Å². The lowest BCUT2D eigenvalue weighted by Gasteiger charge is -2.09. The Balaban J connectivity index is 1.43. The molecule has 146 valence electrons. The first kappa shape index (κ1) is 18.2. The molecule has 0 fully saturated rings. The molecule has 7 heteroatoms. The lowest BCUT2D eigenvalue weighted by atomic mass is 10.1. The van der Waals surface area contributed by atoms with E-state index < -0.39 is 0 Å². The first-order valence-corrected chi connectivity index (χ1v) is 10.2. The van der Waals surface area contributed by atoms with Gasteiger partial charge in [-0.15, -0.1) is 16.4 Å². The lowest BCUT2D eigenvalue weighted by Crippen LogP contribution is -2.30. The van der Waals surface area contributed by atoms with Crippen LogP contribution in [-0.4, -0.2) is 20.9 Å². The molecule has 0 saturated carbocycles. The number of thiophene rings is 1. The highest BCUT2D eigenvalue weighted by Crippen LogP contribution is 2.30. The average molecular weight is 412 g/mol. The first-order valence-electron chi connectivity index (χ1n) is 9.39. The van der Waals surface area contributed by atoms with Crippen LogP contribution >= 0.6 is 11.3 Å². The molecule has 0 aliphatic heterocycles. The number of anilines is 1. The van der Waals surface area contributed by atoms with E-state index in [1.807, 2.05) is 78.9 Å². The molecule has 0 atom stereocenters. The van der Waals surface area contributed by atoms with Crippen LogP contribution in [-0.2, 0) is 11.3 Å². The number of hydrogen-bond acceptors (Lipinski definition) is 5. The van der Waals surface area contributed by atoms with Crippen LogP contribution in [0.3, 0.4) is 0 Å². The van der Waals surface area contributed by atoms with E-state index in [4.69, 9.17) is 0 Å². The minimum Gasteiger partial charge on any atom is -0.324 e. The van der Waals surface area contributed by atoms with Crippen LogP contribution in [0.25, 0.3) is 31.4 Å². The highest BCUT2D eigenvalue weighted by atomic mass is 32.1. The van der Waals surface area contributed by atoms with Crippen molar-refractivity contribution in [3.63, 3.8) is 0 Å². The van der Waals surface area contributed by atoms with E-state index in [-0.39, 0.29) is 18.0 Å². The highest BCUT2D eigenvalue weighted by molar-refractivity contribution is 7.21. The van der Waals surface area contributed by atoms with E-state index in [0.29, 0.717) is 15.9 Å². The van der Waals surface area contributed by atoms with Crippen molar-refractivity contribution in [2.75, 3.05) is 5.32 Å². The van der Waals surface area contributed by atoms with E-state index in [1.165, 1.54) is 11.3 Å². The third kappa shape index (κ3) is 3.35. The number of amides is 1. The van der Waals surface area contributed by atoms with E-state index in [1.54, 1.807) is 0 Å². The Kier molecular flexibility index (Phi) is 4.57. The minimum absolute atomic E-state index is 0.207. The Morgan fingerprint density at radius 1 is 0.933 bits per heavy atom. The Morgan fingerprint density at radius 3 is 2.57 bits per heavy atom. The number of nitrogens with zero attached hydrogens (tertiary/aromatic N) is 3. The summed E-state index contributed by atoms with van der Waals surface area (Å²) in [7, 11) is 0. The van der Waals surface area contributed by atoms with Crippen molar-refractivity contribution in [2.45, 2.75) is 6.54 Å².